The number of benzene rings is 1. The Hall–Kier alpha value is -2.22. The molecule has 0 radical (unpaired) electrons. The van der Waals surface area contributed by atoms with Gasteiger partial charge >= 0.3 is 0 Å². The van der Waals surface area contributed by atoms with Crippen LogP contribution < -0.4 is 0 Å². The maximum absolute atomic E-state index is 7.70. The summed E-state index contributed by atoms with van der Waals surface area (Å²) in [5, 5.41) is 7.70. The van der Waals surface area contributed by atoms with Gasteiger partial charge < -0.3 is 0 Å². The summed E-state index contributed by atoms with van der Waals surface area (Å²) in [5.41, 5.74) is 2.08. The van der Waals surface area contributed by atoms with Gasteiger partial charge in [-0.1, -0.05) is 60.7 Å². The summed E-state index contributed by atoms with van der Waals surface area (Å²) in [4.78, 5) is 3.67. The van der Waals surface area contributed by atoms with Crippen molar-refractivity contribution in [3.05, 3.63) is 71.8 Å². The van der Waals surface area contributed by atoms with E-state index in [2.05, 4.69) is 42.1 Å². The van der Waals surface area contributed by atoms with Crippen molar-refractivity contribution in [3.8, 4) is 0 Å². The first-order valence-electron chi connectivity index (χ1n) is 5.97. The molecule has 90 valence electrons. The van der Waals surface area contributed by atoms with E-state index in [-0.39, 0.29) is 11.8 Å². The van der Waals surface area contributed by atoms with Crippen LogP contribution >= 0.6 is 0 Å². The minimum absolute atomic E-state index is 0.230. The Balaban J connectivity index is 2.26. The van der Waals surface area contributed by atoms with Gasteiger partial charge in [0, 0.05) is 11.5 Å². The highest BCUT2D eigenvalue weighted by Crippen LogP contribution is 2.21. The van der Waals surface area contributed by atoms with E-state index >= 15 is 0 Å². The highest BCUT2D eigenvalue weighted by atomic mass is 14.8. The van der Waals surface area contributed by atoms with Gasteiger partial charge in [-0.2, -0.15) is 0 Å². The molecule has 1 aromatic rings. The van der Waals surface area contributed by atoms with E-state index in [0.717, 1.165) is 12.0 Å². The number of rotatable bonds is 2. The van der Waals surface area contributed by atoms with Gasteiger partial charge in [-0.15, -0.1) is 0 Å². The summed E-state index contributed by atoms with van der Waals surface area (Å²) in [7, 11) is 0. The zero-order chi connectivity index (χ0) is 12.8. The molecule has 2 nitrogen and oxygen atoms in total. The lowest BCUT2D eigenvalue weighted by Crippen LogP contribution is -1.98. The van der Waals surface area contributed by atoms with E-state index in [4.69, 9.17) is 5.41 Å². The van der Waals surface area contributed by atoms with Crippen molar-refractivity contribution in [2.75, 3.05) is 0 Å². The molecule has 18 heavy (non-hydrogen) atoms. The quantitative estimate of drug-likeness (QED) is 0.459. The number of hydrogen-bond acceptors (Lipinski definition) is 1. The van der Waals surface area contributed by atoms with Crippen molar-refractivity contribution in [1.82, 2.24) is 0 Å². The Kier molecular flexibility index (Phi) is 4.02. The molecule has 1 atom stereocenters. The summed E-state index contributed by atoms with van der Waals surface area (Å²) in [6.45, 7) is 3.40. The molecule has 1 N–H and O–H groups in total. The van der Waals surface area contributed by atoms with Crippen molar-refractivity contribution >= 4 is 12.6 Å². The number of nitrogens with one attached hydrogen (secondary N) is 1. The first-order chi connectivity index (χ1) is 8.81. The topological polar surface area (TPSA) is 36.2 Å². The van der Waals surface area contributed by atoms with Gasteiger partial charge in [0.05, 0.1) is 0 Å². The van der Waals surface area contributed by atoms with E-state index < -0.39 is 0 Å². The number of nitrogens with zero attached hydrogens (tertiary/aromatic N) is 1. The molecular weight excluding hydrogens is 220 g/mol. The summed E-state index contributed by atoms with van der Waals surface area (Å²) in [5.74, 6) is 0.487. The summed E-state index contributed by atoms with van der Waals surface area (Å²) in [6.07, 6.45) is 11.2. The average molecular weight is 236 g/mol. The second-order valence-corrected chi connectivity index (χ2v) is 4.13. The Bertz CT molecular complexity index is 521. The van der Waals surface area contributed by atoms with Crippen LogP contribution in [0.4, 0.5) is 0 Å². The Morgan fingerprint density at radius 2 is 2.00 bits per heavy atom. The molecule has 1 aliphatic rings. The predicted molar refractivity (Wildman–Crippen MR) is 77.4 cm³/mol. The van der Waals surface area contributed by atoms with Crippen molar-refractivity contribution in [2.24, 2.45) is 4.99 Å². The molecule has 0 aliphatic heterocycles. The van der Waals surface area contributed by atoms with E-state index in [9.17, 15) is 0 Å². The third-order valence-corrected chi connectivity index (χ3v) is 2.92. The minimum Gasteiger partial charge on any atom is -0.282 e. The molecule has 1 aromatic carbocycles. The number of amidine groups is 1. The Labute approximate surface area is 108 Å². The fourth-order valence-corrected chi connectivity index (χ4v) is 1.92. The molecule has 0 heterocycles. The van der Waals surface area contributed by atoms with E-state index in [0.29, 0.717) is 0 Å². The minimum atomic E-state index is 0.230. The standard InChI is InChI=1S/C16H16N2/c1-18-16(17)15-10-6-5-9-14(11-12-15)13-7-3-2-4-8-13/h2-5,7-12,14,17H,1,6H2/b9-5-,12-11?,15-10+,17-16?. The van der Waals surface area contributed by atoms with Gasteiger partial charge in [0.15, 0.2) is 5.84 Å². The van der Waals surface area contributed by atoms with Crippen LogP contribution in [0.25, 0.3) is 0 Å². The van der Waals surface area contributed by atoms with E-state index in [1.165, 1.54) is 5.56 Å². The molecule has 0 aromatic heterocycles. The number of hydrogen-bond donors (Lipinski definition) is 1. The molecule has 1 aliphatic carbocycles. The summed E-state index contributed by atoms with van der Waals surface area (Å²) < 4.78 is 0. The summed E-state index contributed by atoms with van der Waals surface area (Å²) >= 11 is 0. The van der Waals surface area contributed by atoms with Gasteiger partial charge in [-0.05, 0) is 18.7 Å². The maximum atomic E-state index is 7.70. The van der Waals surface area contributed by atoms with Crippen molar-refractivity contribution in [2.45, 2.75) is 12.3 Å². The van der Waals surface area contributed by atoms with Crippen LogP contribution in [0.2, 0.25) is 0 Å². The SMILES string of the molecule is C=NC(=N)/C1=C/C/C=C\C(c2ccccc2)C=C1. The lowest BCUT2D eigenvalue weighted by molar-refractivity contribution is 1.06. The largest absolute Gasteiger partial charge is 0.282 e. The van der Waals surface area contributed by atoms with E-state index in [1.54, 1.807) is 0 Å². The Morgan fingerprint density at radius 1 is 1.22 bits per heavy atom. The highest BCUT2D eigenvalue weighted by Gasteiger charge is 2.06. The van der Waals surface area contributed by atoms with Crippen LogP contribution in [0.1, 0.15) is 17.9 Å². The highest BCUT2D eigenvalue weighted by molar-refractivity contribution is 6.01. The second kappa shape index (κ2) is 5.92. The van der Waals surface area contributed by atoms with Crippen LogP contribution in [0.5, 0.6) is 0 Å². The maximum Gasteiger partial charge on any atom is 0.150 e. The lowest BCUT2D eigenvalue weighted by atomic mass is 9.95. The molecule has 0 amide bonds. The number of aliphatic imine (C=N–C) groups is 1. The molecule has 0 saturated heterocycles. The normalized spacial score (nSPS) is 23.3. The Morgan fingerprint density at radius 3 is 2.72 bits per heavy atom. The van der Waals surface area contributed by atoms with Crippen LogP contribution in [0.3, 0.4) is 0 Å². The van der Waals surface area contributed by atoms with Crippen LogP contribution in [-0.4, -0.2) is 12.6 Å². The molecule has 0 saturated carbocycles. The lowest BCUT2D eigenvalue weighted by Gasteiger charge is -2.10. The third kappa shape index (κ3) is 2.92. The van der Waals surface area contributed by atoms with Crippen LogP contribution in [0.15, 0.2) is 71.3 Å². The first-order valence-corrected chi connectivity index (χ1v) is 5.97. The molecular formula is C16H16N2. The zero-order valence-electron chi connectivity index (χ0n) is 10.2. The van der Waals surface area contributed by atoms with Gasteiger partial charge in [0.2, 0.25) is 0 Å². The molecule has 1 unspecified atom stereocenters. The van der Waals surface area contributed by atoms with Crippen molar-refractivity contribution < 1.29 is 0 Å². The molecule has 2 rings (SSSR count). The van der Waals surface area contributed by atoms with Crippen LogP contribution in [0, 0.1) is 5.41 Å². The second-order valence-electron chi connectivity index (χ2n) is 4.13. The molecule has 0 bridgehead atoms. The molecule has 0 fully saturated rings. The monoisotopic (exact) mass is 236 g/mol. The fraction of sp³-hybridized carbons (Fsp3) is 0.125. The molecule has 2 heteroatoms. The van der Waals surface area contributed by atoms with Crippen molar-refractivity contribution in [3.63, 3.8) is 0 Å². The third-order valence-electron chi connectivity index (χ3n) is 2.92. The van der Waals surface area contributed by atoms with Gasteiger partial charge in [-0.25, -0.2) is 4.99 Å². The molecule has 0 spiro atoms. The fourth-order valence-electron chi connectivity index (χ4n) is 1.92. The van der Waals surface area contributed by atoms with E-state index in [1.807, 2.05) is 30.4 Å². The van der Waals surface area contributed by atoms with Gasteiger partial charge in [-0.3, -0.25) is 5.41 Å². The number of allylic oxidation sites excluding steroid dienone is 4. The zero-order valence-corrected chi connectivity index (χ0v) is 10.2. The predicted octanol–water partition coefficient (Wildman–Crippen LogP) is 3.89. The van der Waals surface area contributed by atoms with Gasteiger partial charge in [0.1, 0.15) is 0 Å². The van der Waals surface area contributed by atoms with Crippen LogP contribution in [-0.2, 0) is 0 Å². The average Bonchev–Trinajstić information content (AvgIpc) is 2.39. The summed E-state index contributed by atoms with van der Waals surface area (Å²) in [6, 6.07) is 10.3. The van der Waals surface area contributed by atoms with Gasteiger partial charge in [0.25, 0.3) is 0 Å². The van der Waals surface area contributed by atoms with Crippen molar-refractivity contribution in [1.29, 1.82) is 5.41 Å². The smallest absolute Gasteiger partial charge is 0.150 e. The first kappa shape index (κ1) is 12.2.